The lowest BCUT2D eigenvalue weighted by Gasteiger charge is -2.30. The smallest absolute Gasteiger partial charge is 0.372 e. The zero-order valence-corrected chi connectivity index (χ0v) is 18.2. The summed E-state index contributed by atoms with van der Waals surface area (Å²) in [5, 5.41) is 4.14. The first-order chi connectivity index (χ1) is 13.5. The van der Waals surface area contributed by atoms with Crippen LogP contribution in [0, 0.1) is 0 Å². The molecular formula is C23H31NO3Si. The molecule has 4 nitrogen and oxygen atoms in total. The van der Waals surface area contributed by atoms with E-state index in [0.29, 0.717) is 25.3 Å². The second-order valence-corrected chi connectivity index (χ2v) is 9.86. The average Bonchev–Trinajstić information content (AvgIpc) is 2.72. The van der Waals surface area contributed by atoms with Gasteiger partial charge in [-0.15, -0.1) is 0 Å². The van der Waals surface area contributed by atoms with Gasteiger partial charge in [-0.1, -0.05) is 54.6 Å². The molecule has 0 aliphatic carbocycles. The van der Waals surface area contributed by atoms with Crippen LogP contribution in [0.3, 0.4) is 0 Å². The second kappa shape index (κ2) is 11.0. The fraction of sp³-hybridized carbons (Fsp3) is 0.348. The number of carbonyl (C=O) groups excluding carboxylic acids is 1. The van der Waals surface area contributed by atoms with Gasteiger partial charge in [-0.3, -0.25) is 4.79 Å². The lowest BCUT2D eigenvalue weighted by atomic mass is 10.1. The van der Waals surface area contributed by atoms with E-state index in [9.17, 15) is 4.79 Å². The molecule has 0 radical (unpaired) electrons. The standard InChI is InChI=1S/C23H31NO3Si/c1-5-26-28(27-6-2,22-11-8-7-9-12-22)18-10-17-24-23(25)21-15-13-20(14-16-21)19(3)4/h7-9,11-16H,3,5-6,10,17-18H2,1-2,4H3,(H,24,25). The summed E-state index contributed by atoms with van der Waals surface area (Å²) in [5.41, 5.74) is 2.69. The molecule has 0 aromatic heterocycles. The number of allylic oxidation sites excluding steroid dienone is 1. The molecule has 5 heteroatoms. The van der Waals surface area contributed by atoms with Crippen molar-refractivity contribution in [2.45, 2.75) is 33.2 Å². The first kappa shape index (κ1) is 22.1. The molecule has 28 heavy (non-hydrogen) atoms. The second-order valence-electron chi connectivity index (χ2n) is 6.70. The normalized spacial score (nSPS) is 11.2. The zero-order valence-electron chi connectivity index (χ0n) is 17.2. The van der Waals surface area contributed by atoms with Gasteiger partial charge < -0.3 is 14.2 Å². The molecule has 0 atom stereocenters. The molecule has 0 saturated heterocycles. The highest BCUT2D eigenvalue weighted by Crippen LogP contribution is 2.17. The molecule has 2 aromatic carbocycles. The van der Waals surface area contributed by atoms with E-state index in [2.05, 4.69) is 24.0 Å². The summed E-state index contributed by atoms with van der Waals surface area (Å²) in [6.45, 7) is 11.7. The van der Waals surface area contributed by atoms with Crippen molar-refractivity contribution in [1.82, 2.24) is 5.32 Å². The molecule has 2 aromatic rings. The van der Waals surface area contributed by atoms with E-state index in [0.717, 1.165) is 28.8 Å². The maximum absolute atomic E-state index is 12.4. The predicted octanol–water partition coefficient (Wildman–Crippen LogP) is 4.26. The molecule has 1 amide bonds. The van der Waals surface area contributed by atoms with Crippen LogP contribution in [0.4, 0.5) is 0 Å². The number of carbonyl (C=O) groups is 1. The molecule has 0 unspecified atom stereocenters. The van der Waals surface area contributed by atoms with Crippen LogP contribution < -0.4 is 10.5 Å². The van der Waals surface area contributed by atoms with Gasteiger partial charge in [0, 0.05) is 25.3 Å². The van der Waals surface area contributed by atoms with Crippen molar-refractivity contribution in [1.29, 1.82) is 0 Å². The molecule has 0 bridgehead atoms. The molecule has 0 heterocycles. The van der Waals surface area contributed by atoms with Gasteiger partial charge in [-0.25, -0.2) is 0 Å². The van der Waals surface area contributed by atoms with E-state index < -0.39 is 8.56 Å². The Morgan fingerprint density at radius 1 is 0.964 bits per heavy atom. The fourth-order valence-corrected chi connectivity index (χ4v) is 6.46. The largest absolute Gasteiger partial charge is 0.391 e. The van der Waals surface area contributed by atoms with Crippen LogP contribution in [-0.2, 0) is 8.85 Å². The minimum atomic E-state index is -2.50. The van der Waals surface area contributed by atoms with E-state index in [4.69, 9.17) is 8.85 Å². The van der Waals surface area contributed by atoms with E-state index in [-0.39, 0.29) is 5.91 Å². The quantitative estimate of drug-likeness (QED) is 0.455. The van der Waals surface area contributed by atoms with Crippen molar-refractivity contribution in [3.63, 3.8) is 0 Å². The first-order valence-electron chi connectivity index (χ1n) is 9.90. The molecule has 0 aliphatic heterocycles. The Bertz CT molecular complexity index is 753. The van der Waals surface area contributed by atoms with E-state index >= 15 is 0 Å². The Morgan fingerprint density at radius 2 is 1.54 bits per heavy atom. The van der Waals surface area contributed by atoms with Crippen molar-refractivity contribution in [3.05, 3.63) is 72.3 Å². The SMILES string of the molecule is C=C(C)c1ccc(C(=O)NCCC[Si](OCC)(OCC)c2ccccc2)cc1. The van der Waals surface area contributed by atoms with E-state index in [1.54, 1.807) is 0 Å². The topological polar surface area (TPSA) is 47.6 Å². The van der Waals surface area contributed by atoms with E-state index in [1.165, 1.54) is 0 Å². The van der Waals surface area contributed by atoms with Crippen molar-refractivity contribution >= 4 is 25.2 Å². The molecule has 2 rings (SSSR count). The molecule has 0 saturated carbocycles. The number of nitrogens with one attached hydrogen (secondary N) is 1. The van der Waals surface area contributed by atoms with Gasteiger partial charge in [0.15, 0.2) is 0 Å². The maximum Gasteiger partial charge on any atom is 0.372 e. The van der Waals surface area contributed by atoms with Gasteiger partial charge in [0.2, 0.25) is 0 Å². The van der Waals surface area contributed by atoms with Gasteiger partial charge in [0.1, 0.15) is 0 Å². The Balaban J connectivity index is 1.96. The predicted molar refractivity (Wildman–Crippen MR) is 118 cm³/mol. The summed E-state index contributed by atoms with van der Waals surface area (Å²) in [6.07, 6.45) is 0.802. The van der Waals surface area contributed by atoms with E-state index in [1.807, 2.05) is 63.2 Å². The minimum absolute atomic E-state index is 0.0620. The van der Waals surface area contributed by atoms with Crippen molar-refractivity contribution < 1.29 is 13.6 Å². The van der Waals surface area contributed by atoms with Crippen LogP contribution in [0.25, 0.3) is 5.57 Å². The van der Waals surface area contributed by atoms with Crippen LogP contribution in [0.15, 0.2) is 61.2 Å². The molecule has 1 N–H and O–H groups in total. The summed E-state index contributed by atoms with van der Waals surface area (Å²) in [6, 6.07) is 18.5. The number of rotatable bonds is 11. The van der Waals surface area contributed by atoms with Gasteiger partial charge in [0.25, 0.3) is 5.91 Å². The lowest BCUT2D eigenvalue weighted by Crippen LogP contribution is -2.54. The monoisotopic (exact) mass is 397 g/mol. The van der Waals surface area contributed by atoms with Crippen LogP contribution >= 0.6 is 0 Å². The third-order valence-corrected chi connectivity index (χ3v) is 8.31. The molecule has 150 valence electrons. The third kappa shape index (κ3) is 5.89. The third-order valence-electron chi connectivity index (χ3n) is 4.58. The molecule has 0 spiro atoms. The highest BCUT2D eigenvalue weighted by molar-refractivity contribution is 6.81. The van der Waals surface area contributed by atoms with Crippen molar-refractivity contribution in [2.75, 3.05) is 19.8 Å². The number of hydrogen-bond acceptors (Lipinski definition) is 3. The highest BCUT2D eigenvalue weighted by atomic mass is 28.4. The Hall–Kier alpha value is -2.21. The van der Waals surface area contributed by atoms with Crippen LogP contribution in [0.1, 0.15) is 43.1 Å². The molecular weight excluding hydrogens is 366 g/mol. The van der Waals surface area contributed by atoms with Gasteiger partial charge in [0.05, 0.1) is 0 Å². The number of amides is 1. The minimum Gasteiger partial charge on any atom is -0.391 e. The fourth-order valence-electron chi connectivity index (χ4n) is 3.19. The Labute approximate surface area is 169 Å². The zero-order chi connectivity index (χ0) is 20.4. The van der Waals surface area contributed by atoms with Crippen LogP contribution in [0.5, 0.6) is 0 Å². The average molecular weight is 398 g/mol. The van der Waals surface area contributed by atoms with Gasteiger partial charge in [-0.05, 0) is 56.1 Å². The summed E-state index contributed by atoms with van der Waals surface area (Å²) >= 11 is 0. The van der Waals surface area contributed by atoms with Crippen molar-refractivity contribution in [3.8, 4) is 0 Å². The Kier molecular flexibility index (Phi) is 8.64. The molecule has 0 fully saturated rings. The first-order valence-corrected chi connectivity index (χ1v) is 11.9. The van der Waals surface area contributed by atoms with Crippen molar-refractivity contribution in [2.24, 2.45) is 0 Å². The van der Waals surface area contributed by atoms with Gasteiger partial charge in [-0.2, -0.15) is 0 Å². The summed E-state index contributed by atoms with van der Waals surface area (Å²) in [5.74, 6) is -0.0620. The maximum atomic E-state index is 12.4. The summed E-state index contributed by atoms with van der Waals surface area (Å²) in [4.78, 5) is 12.4. The number of benzene rings is 2. The Morgan fingerprint density at radius 3 is 2.07 bits per heavy atom. The summed E-state index contributed by atoms with van der Waals surface area (Å²) < 4.78 is 12.4. The molecule has 0 aliphatic rings. The number of hydrogen-bond donors (Lipinski definition) is 1. The van der Waals surface area contributed by atoms with Crippen LogP contribution in [-0.4, -0.2) is 34.2 Å². The highest BCUT2D eigenvalue weighted by Gasteiger charge is 2.38. The van der Waals surface area contributed by atoms with Crippen LogP contribution in [0.2, 0.25) is 6.04 Å². The van der Waals surface area contributed by atoms with Gasteiger partial charge >= 0.3 is 8.56 Å². The summed E-state index contributed by atoms with van der Waals surface area (Å²) in [7, 11) is -2.50. The lowest BCUT2D eigenvalue weighted by molar-refractivity contribution is 0.0953.